The van der Waals surface area contributed by atoms with Gasteiger partial charge in [-0.15, -0.1) is 0 Å². The molecule has 2 rings (SSSR count). The summed E-state index contributed by atoms with van der Waals surface area (Å²) in [6, 6.07) is 8.16. The van der Waals surface area contributed by atoms with Crippen molar-refractivity contribution < 1.29 is 28.7 Å². The molecule has 1 saturated heterocycles. The molecular formula is C14H14N2O6. The van der Waals surface area contributed by atoms with E-state index in [1.165, 1.54) is 0 Å². The third-order valence-electron chi connectivity index (χ3n) is 3.04. The predicted molar refractivity (Wildman–Crippen MR) is 72.3 cm³/mol. The number of alkyl carbamates (subject to hydrolysis) is 1. The SMILES string of the molecule is COC(=O)C(=O)N1CC(NC(=O)OCc2ccccc2)C1=O. The summed E-state index contributed by atoms with van der Waals surface area (Å²) < 4.78 is 9.18. The number of β-lactam (4-membered cyclic amide) rings is 1. The van der Waals surface area contributed by atoms with Crippen LogP contribution in [0, 0.1) is 0 Å². The van der Waals surface area contributed by atoms with E-state index in [1.54, 1.807) is 12.1 Å². The van der Waals surface area contributed by atoms with Gasteiger partial charge in [0.25, 0.3) is 5.91 Å². The van der Waals surface area contributed by atoms with Crippen molar-refractivity contribution in [3.8, 4) is 0 Å². The lowest BCUT2D eigenvalue weighted by atomic mass is 10.1. The van der Waals surface area contributed by atoms with Gasteiger partial charge >= 0.3 is 18.0 Å². The second-order valence-corrected chi connectivity index (χ2v) is 4.50. The van der Waals surface area contributed by atoms with Crippen LogP contribution in [-0.2, 0) is 30.5 Å². The van der Waals surface area contributed by atoms with Crippen LogP contribution in [0.25, 0.3) is 0 Å². The number of carbonyl (C=O) groups excluding carboxylic acids is 4. The number of benzene rings is 1. The number of rotatable bonds is 3. The number of ether oxygens (including phenoxy) is 2. The molecule has 1 fully saturated rings. The summed E-state index contributed by atoms with van der Waals surface area (Å²) >= 11 is 0. The molecule has 1 aromatic carbocycles. The Kier molecular flexibility index (Phi) is 4.72. The van der Waals surface area contributed by atoms with E-state index in [9.17, 15) is 19.2 Å². The lowest BCUT2D eigenvalue weighted by molar-refractivity contribution is -0.167. The second-order valence-electron chi connectivity index (χ2n) is 4.50. The molecule has 1 aromatic rings. The van der Waals surface area contributed by atoms with Crippen molar-refractivity contribution in [2.24, 2.45) is 0 Å². The van der Waals surface area contributed by atoms with Gasteiger partial charge in [-0.25, -0.2) is 9.59 Å². The fourth-order valence-corrected chi connectivity index (χ4v) is 1.82. The Bertz CT molecular complexity index is 601. The highest BCUT2D eigenvalue weighted by Crippen LogP contribution is 2.11. The molecule has 8 heteroatoms. The summed E-state index contributed by atoms with van der Waals surface area (Å²) in [4.78, 5) is 46.3. The minimum atomic E-state index is -1.13. The Labute approximate surface area is 126 Å². The number of imide groups is 1. The van der Waals surface area contributed by atoms with E-state index in [0.717, 1.165) is 12.7 Å². The molecule has 3 amide bonds. The highest BCUT2D eigenvalue weighted by molar-refractivity contribution is 6.36. The summed E-state index contributed by atoms with van der Waals surface area (Å²) in [5.41, 5.74) is 0.806. The molecule has 0 spiro atoms. The van der Waals surface area contributed by atoms with Crippen LogP contribution in [0.15, 0.2) is 30.3 Å². The van der Waals surface area contributed by atoms with Gasteiger partial charge in [0.15, 0.2) is 0 Å². The van der Waals surface area contributed by atoms with Crippen LogP contribution in [0.3, 0.4) is 0 Å². The maximum Gasteiger partial charge on any atom is 0.408 e. The standard InChI is InChI=1S/C14H14N2O6/c1-21-13(19)12(18)16-7-10(11(16)17)15-14(20)22-8-9-5-3-2-4-6-9/h2-6,10H,7-8H2,1H3,(H,15,20). The van der Waals surface area contributed by atoms with Crippen LogP contribution >= 0.6 is 0 Å². The first-order valence-electron chi connectivity index (χ1n) is 6.43. The summed E-state index contributed by atoms with van der Waals surface area (Å²) in [5.74, 6) is -2.85. The third-order valence-corrected chi connectivity index (χ3v) is 3.04. The molecule has 0 bridgehead atoms. The molecule has 1 aliphatic rings. The van der Waals surface area contributed by atoms with Gasteiger partial charge in [-0.05, 0) is 5.56 Å². The lowest BCUT2D eigenvalue weighted by Crippen LogP contribution is -2.66. The fraction of sp³-hybridized carbons (Fsp3) is 0.286. The van der Waals surface area contributed by atoms with E-state index >= 15 is 0 Å². The molecule has 8 nitrogen and oxygen atoms in total. The number of methoxy groups -OCH3 is 1. The predicted octanol–water partition coefficient (Wildman–Crippen LogP) is -0.177. The van der Waals surface area contributed by atoms with Gasteiger partial charge in [-0.2, -0.15) is 0 Å². The molecule has 0 radical (unpaired) electrons. The summed E-state index contributed by atoms with van der Waals surface area (Å²) in [6.07, 6.45) is -0.771. The average molecular weight is 306 g/mol. The summed E-state index contributed by atoms with van der Waals surface area (Å²) in [5, 5.41) is 2.32. The minimum Gasteiger partial charge on any atom is -0.462 e. The highest BCUT2D eigenvalue weighted by Gasteiger charge is 2.44. The van der Waals surface area contributed by atoms with Crippen LogP contribution in [-0.4, -0.2) is 48.5 Å². The van der Waals surface area contributed by atoms with E-state index in [-0.39, 0.29) is 13.2 Å². The van der Waals surface area contributed by atoms with Gasteiger partial charge in [0.2, 0.25) is 0 Å². The molecule has 1 heterocycles. The molecule has 1 atom stereocenters. The van der Waals surface area contributed by atoms with E-state index in [1.807, 2.05) is 18.2 Å². The van der Waals surface area contributed by atoms with Crippen molar-refractivity contribution in [1.82, 2.24) is 10.2 Å². The van der Waals surface area contributed by atoms with E-state index < -0.39 is 29.9 Å². The minimum absolute atomic E-state index is 0.0678. The topological polar surface area (TPSA) is 102 Å². The number of hydrogen-bond acceptors (Lipinski definition) is 6. The highest BCUT2D eigenvalue weighted by atomic mass is 16.5. The number of hydrogen-bond donors (Lipinski definition) is 1. The molecule has 0 aromatic heterocycles. The molecule has 116 valence electrons. The van der Waals surface area contributed by atoms with Crippen molar-refractivity contribution in [2.75, 3.05) is 13.7 Å². The molecule has 22 heavy (non-hydrogen) atoms. The molecule has 1 aliphatic heterocycles. The first-order valence-corrected chi connectivity index (χ1v) is 6.43. The number of nitrogens with one attached hydrogen (secondary N) is 1. The van der Waals surface area contributed by atoms with Crippen molar-refractivity contribution in [1.29, 1.82) is 0 Å². The average Bonchev–Trinajstić information content (AvgIpc) is 2.55. The summed E-state index contributed by atoms with van der Waals surface area (Å²) in [7, 11) is 1.04. The zero-order chi connectivity index (χ0) is 16.1. The third kappa shape index (κ3) is 3.40. The Morgan fingerprint density at radius 2 is 1.95 bits per heavy atom. The Morgan fingerprint density at radius 3 is 2.55 bits per heavy atom. The molecule has 1 N–H and O–H groups in total. The van der Waals surface area contributed by atoms with Crippen LogP contribution in [0.2, 0.25) is 0 Å². The molecule has 0 aliphatic carbocycles. The number of carbonyl (C=O) groups is 4. The van der Waals surface area contributed by atoms with Crippen molar-refractivity contribution in [3.63, 3.8) is 0 Å². The first-order chi connectivity index (χ1) is 10.5. The number of esters is 1. The van der Waals surface area contributed by atoms with Crippen LogP contribution in [0.1, 0.15) is 5.56 Å². The fourth-order valence-electron chi connectivity index (χ4n) is 1.82. The first kappa shape index (κ1) is 15.5. The van der Waals surface area contributed by atoms with Gasteiger partial charge < -0.3 is 14.8 Å². The van der Waals surface area contributed by atoms with Crippen molar-refractivity contribution >= 4 is 23.9 Å². The van der Waals surface area contributed by atoms with Crippen LogP contribution < -0.4 is 5.32 Å². The smallest absolute Gasteiger partial charge is 0.408 e. The van der Waals surface area contributed by atoms with Gasteiger partial charge in [-0.1, -0.05) is 30.3 Å². The Balaban J connectivity index is 1.76. The number of nitrogens with zero attached hydrogens (tertiary/aromatic N) is 1. The maximum absolute atomic E-state index is 11.7. The van der Waals surface area contributed by atoms with E-state index in [0.29, 0.717) is 4.90 Å². The van der Waals surface area contributed by atoms with Gasteiger partial charge in [0, 0.05) is 0 Å². The van der Waals surface area contributed by atoms with E-state index in [2.05, 4.69) is 10.1 Å². The zero-order valence-corrected chi connectivity index (χ0v) is 11.8. The lowest BCUT2D eigenvalue weighted by Gasteiger charge is -2.35. The second kappa shape index (κ2) is 6.70. The largest absolute Gasteiger partial charge is 0.462 e. The van der Waals surface area contributed by atoms with Crippen molar-refractivity contribution in [2.45, 2.75) is 12.6 Å². The summed E-state index contributed by atoms with van der Waals surface area (Å²) in [6.45, 7) is -0.0222. The quantitative estimate of drug-likeness (QED) is 0.472. The van der Waals surface area contributed by atoms with Gasteiger partial charge in [0.1, 0.15) is 12.6 Å². The molecular weight excluding hydrogens is 292 g/mol. The zero-order valence-electron chi connectivity index (χ0n) is 11.8. The van der Waals surface area contributed by atoms with Gasteiger partial charge in [0.05, 0.1) is 13.7 Å². The monoisotopic (exact) mass is 306 g/mol. The molecule has 0 saturated carbocycles. The maximum atomic E-state index is 11.7. The van der Waals surface area contributed by atoms with E-state index in [4.69, 9.17) is 4.74 Å². The van der Waals surface area contributed by atoms with Crippen LogP contribution in [0.4, 0.5) is 4.79 Å². The molecule has 1 unspecified atom stereocenters. The number of likely N-dealkylation sites (tertiary alicyclic amines) is 1. The normalized spacial score (nSPS) is 16.5. The van der Waals surface area contributed by atoms with Crippen LogP contribution in [0.5, 0.6) is 0 Å². The van der Waals surface area contributed by atoms with Gasteiger partial charge in [-0.3, -0.25) is 14.5 Å². The Hall–Kier alpha value is -2.90. The van der Waals surface area contributed by atoms with Crippen molar-refractivity contribution in [3.05, 3.63) is 35.9 Å². The number of amides is 3. The Morgan fingerprint density at radius 1 is 1.27 bits per heavy atom.